The van der Waals surface area contributed by atoms with Crippen LogP contribution in [0.2, 0.25) is 0 Å². The monoisotopic (exact) mass is 267 g/mol. The van der Waals surface area contributed by atoms with Crippen molar-refractivity contribution < 1.29 is 0 Å². The maximum absolute atomic E-state index is 6.57. The Morgan fingerprint density at radius 1 is 1.10 bits per heavy atom. The smallest absolute Gasteiger partial charge is 0.0337 e. The first kappa shape index (κ1) is 13.3. The molecule has 1 atom stereocenters. The van der Waals surface area contributed by atoms with Crippen molar-refractivity contribution in [3.63, 3.8) is 0 Å². The van der Waals surface area contributed by atoms with Gasteiger partial charge in [-0.25, -0.2) is 0 Å². The Balaban J connectivity index is 1.61. The van der Waals surface area contributed by atoms with E-state index in [1.807, 2.05) is 18.5 Å². The molecule has 1 aliphatic heterocycles. The maximum atomic E-state index is 6.57. The third kappa shape index (κ3) is 3.24. The van der Waals surface area contributed by atoms with Crippen LogP contribution in [0.3, 0.4) is 0 Å². The molecule has 0 aliphatic carbocycles. The Morgan fingerprint density at radius 2 is 1.90 bits per heavy atom. The van der Waals surface area contributed by atoms with Crippen molar-refractivity contribution in [2.45, 2.75) is 24.9 Å². The van der Waals surface area contributed by atoms with E-state index in [0.29, 0.717) is 0 Å². The van der Waals surface area contributed by atoms with Crippen molar-refractivity contribution in [1.29, 1.82) is 0 Å². The third-order valence-corrected chi connectivity index (χ3v) is 3.99. The Hall–Kier alpha value is -1.71. The largest absolute Gasteiger partial charge is 0.324 e. The molecular weight excluding hydrogens is 246 g/mol. The SMILES string of the molecule is NC1(Cc2cccnc2)CCN(Cc2ccccc2)C1. The fraction of sp³-hybridized carbons (Fsp3) is 0.353. The van der Waals surface area contributed by atoms with Crippen molar-refractivity contribution in [2.24, 2.45) is 5.73 Å². The molecule has 0 bridgehead atoms. The van der Waals surface area contributed by atoms with E-state index >= 15 is 0 Å². The zero-order valence-electron chi connectivity index (χ0n) is 11.7. The van der Waals surface area contributed by atoms with Crippen molar-refractivity contribution in [1.82, 2.24) is 9.88 Å². The van der Waals surface area contributed by atoms with Crippen molar-refractivity contribution >= 4 is 0 Å². The number of hydrogen-bond donors (Lipinski definition) is 1. The van der Waals surface area contributed by atoms with Gasteiger partial charge in [0.05, 0.1) is 0 Å². The minimum atomic E-state index is -0.113. The lowest BCUT2D eigenvalue weighted by molar-refractivity contribution is 0.302. The van der Waals surface area contributed by atoms with Crippen LogP contribution < -0.4 is 5.73 Å². The molecule has 0 saturated carbocycles. The average molecular weight is 267 g/mol. The second-order valence-electron chi connectivity index (χ2n) is 5.85. The van der Waals surface area contributed by atoms with E-state index in [1.54, 1.807) is 0 Å². The molecule has 0 spiro atoms. The average Bonchev–Trinajstić information content (AvgIpc) is 2.82. The van der Waals surface area contributed by atoms with E-state index in [9.17, 15) is 0 Å². The summed E-state index contributed by atoms with van der Waals surface area (Å²) in [6, 6.07) is 14.7. The number of aromatic nitrogens is 1. The van der Waals surface area contributed by atoms with Crippen LogP contribution in [0.5, 0.6) is 0 Å². The topological polar surface area (TPSA) is 42.1 Å². The van der Waals surface area contributed by atoms with Crippen LogP contribution in [-0.2, 0) is 13.0 Å². The van der Waals surface area contributed by atoms with Gasteiger partial charge in [0.15, 0.2) is 0 Å². The quantitative estimate of drug-likeness (QED) is 0.923. The number of hydrogen-bond acceptors (Lipinski definition) is 3. The first-order valence-corrected chi connectivity index (χ1v) is 7.18. The highest BCUT2D eigenvalue weighted by Gasteiger charge is 2.34. The van der Waals surface area contributed by atoms with Gasteiger partial charge < -0.3 is 5.73 Å². The van der Waals surface area contributed by atoms with Gasteiger partial charge in [0.2, 0.25) is 0 Å². The molecular formula is C17H21N3. The van der Waals surface area contributed by atoms with E-state index in [-0.39, 0.29) is 5.54 Å². The lowest BCUT2D eigenvalue weighted by Gasteiger charge is -2.24. The molecule has 1 saturated heterocycles. The summed E-state index contributed by atoms with van der Waals surface area (Å²) in [5.41, 5.74) is 9.04. The molecule has 20 heavy (non-hydrogen) atoms. The second-order valence-corrected chi connectivity index (χ2v) is 5.85. The standard InChI is InChI=1S/C17H21N3/c18-17(11-16-7-4-9-19-12-16)8-10-20(14-17)13-15-5-2-1-3-6-15/h1-7,9,12H,8,10-11,13-14,18H2. The summed E-state index contributed by atoms with van der Waals surface area (Å²) >= 11 is 0. The number of pyridine rings is 1. The Kier molecular flexibility index (Phi) is 3.81. The Labute approximate surface area is 120 Å². The van der Waals surface area contributed by atoms with Gasteiger partial charge in [0.25, 0.3) is 0 Å². The third-order valence-electron chi connectivity index (χ3n) is 3.99. The van der Waals surface area contributed by atoms with Gasteiger partial charge in [-0.1, -0.05) is 36.4 Å². The molecule has 1 aliphatic rings. The van der Waals surface area contributed by atoms with E-state index < -0.39 is 0 Å². The van der Waals surface area contributed by atoms with E-state index in [4.69, 9.17) is 5.73 Å². The molecule has 1 aromatic heterocycles. The minimum absolute atomic E-state index is 0.113. The fourth-order valence-electron chi connectivity index (χ4n) is 3.01. The molecule has 2 aromatic rings. The van der Waals surface area contributed by atoms with Crippen LogP contribution in [-0.4, -0.2) is 28.5 Å². The van der Waals surface area contributed by atoms with Gasteiger partial charge in [-0.05, 0) is 30.0 Å². The molecule has 1 fully saturated rings. The number of nitrogens with two attached hydrogens (primary N) is 1. The first-order chi connectivity index (χ1) is 9.73. The van der Waals surface area contributed by atoms with Crippen LogP contribution in [0.15, 0.2) is 54.9 Å². The summed E-state index contributed by atoms with van der Waals surface area (Å²) in [6.07, 6.45) is 5.69. The second kappa shape index (κ2) is 5.73. The van der Waals surface area contributed by atoms with Crippen LogP contribution in [0.1, 0.15) is 17.5 Å². The van der Waals surface area contributed by atoms with E-state index in [0.717, 1.165) is 32.5 Å². The predicted molar refractivity (Wildman–Crippen MR) is 81.2 cm³/mol. The van der Waals surface area contributed by atoms with Crippen molar-refractivity contribution in [2.75, 3.05) is 13.1 Å². The van der Waals surface area contributed by atoms with Gasteiger partial charge in [-0.2, -0.15) is 0 Å². The highest BCUT2D eigenvalue weighted by Crippen LogP contribution is 2.24. The molecule has 3 nitrogen and oxygen atoms in total. The lowest BCUT2D eigenvalue weighted by atomic mass is 9.92. The fourth-order valence-corrected chi connectivity index (χ4v) is 3.01. The maximum Gasteiger partial charge on any atom is 0.0337 e. The Bertz CT molecular complexity index is 541. The van der Waals surface area contributed by atoms with Gasteiger partial charge in [-0.15, -0.1) is 0 Å². The molecule has 1 unspecified atom stereocenters. The van der Waals surface area contributed by atoms with Crippen LogP contribution in [0, 0.1) is 0 Å². The van der Waals surface area contributed by atoms with Crippen LogP contribution in [0.4, 0.5) is 0 Å². The molecule has 0 radical (unpaired) electrons. The predicted octanol–water partition coefficient (Wildman–Crippen LogP) is 2.23. The molecule has 3 heteroatoms. The van der Waals surface area contributed by atoms with Gasteiger partial charge in [-0.3, -0.25) is 9.88 Å². The number of nitrogens with zero attached hydrogens (tertiary/aromatic N) is 2. The van der Waals surface area contributed by atoms with Gasteiger partial charge in [0, 0.05) is 37.6 Å². The highest BCUT2D eigenvalue weighted by atomic mass is 15.2. The van der Waals surface area contributed by atoms with E-state index in [1.165, 1.54) is 11.1 Å². The first-order valence-electron chi connectivity index (χ1n) is 7.18. The summed E-state index contributed by atoms with van der Waals surface area (Å²) in [6.45, 7) is 3.02. The van der Waals surface area contributed by atoms with Crippen molar-refractivity contribution in [3.8, 4) is 0 Å². The summed E-state index contributed by atoms with van der Waals surface area (Å²) in [5, 5.41) is 0. The number of likely N-dealkylation sites (tertiary alicyclic amines) is 1. The highest BCUT2D eigenvalue weighted by molar-refractivity contribution is 5.17. The normalized spacial score (nSPS) is 23.1. The van der Waals surface area contributed by atoms with Gasteiger partial charge >= 0.3 is 0 Å². The summed E-state index contributed by atoms with van der Waals surface area (Å²) in [5.74, 6) is 0. The Morgan fingerprint density at radius 3 is 2.65 bits per heavy atom. The zero-order valence-corrected chi connectivity index (χ0v) is 11.7. The molecule has 1 aromatic carbocycles. The number of benzene rings is 1. The van der Waals surface area contributed by atoms with Crippen LogP contribution in [0.25, 0.3) is 0 Å². The summed E-state index contributed by atoms with van der Waals surface area (Å²) in [7, 11) is 0. The molecule has 104 valence electrons. The van der Waals surface area contributed by atoms with Crippen LogP contribution >= 0.6 is 0 Å². The van der Waals surface area contributed by atoms with Crippen molar-refractivity contribution in [3.05, 3.63) is 66.0 Å². The molecule has 3 rings (SSSR count). The molecule has 2 heterocycles. The minimum Gasteiger partial charge on any atom is -0.324 e. The van der Waals surface area contributed by atoms with Gasteiger partial charge in [0.1, 0.15) is 0 Å². The number of rotatable bonds is 4. The summed E-state index contributed by atoms with van der Waals surface area (Å²) in [4.78, 5) is 6.63. The molecule has 2 N–H and O–H groups in total. The summed E-state index contributed by atoms with van der Waals surface area (Å²) < 4.78 is 0. The zero-order chi connectivity index (χ0) is 13.8. The lowest BCUT2D eigenvalue weighted by Crippen LogP contribution is -2.44. The van der Waals surface area contributed by atoms with E-state index in [2.05, 4.69) is 46.3 Å². The molecule has 0 amide bonds.